The fourth-order valence-corrected chi connectivity index (χ4v) is 14.8. The van der Waals surface area contributed by atoms with E-state index in [2.05, 4.69) is 146 Å². The molecule has 0 saturated heterocycles. The van der Waals surface area contributed by atoms with Gasteiger partial charge in [0, 0.05) is 5.54 Å². The SMILES string of the molecule is CC1=C(C)C([Si](c2ccccc2)(c2cccc([Si](C)(C)C)c2)c2cccc([Si](C)(C)C)c2)C(C)=C1C. The lowest BCUT2D eigenvalue weighted by molar-refractivity contribution is 1.09. The molecule has 3 aromatic carbocycles. The number of hydrogen-bond acceptors (Lipinski definition) is 0. The normalized spacial score (nSPS) is 15.7. The molecule has 0 amide bonds. The maximum Gasteiger partial charge on any atom is 0.159 e. The monoisotopic (exact) mass is 524 g/mol. The Hall–Kier alpha value is -2.21. The summed E-state index contributed by atoms with van der Waals surface area (Å²) in [6.45, 7) is 24.4. The van der Waals surface area contributed by atoms with Crippen LogP contribution in [0.3, 0.4) is 0 Å². The van der Waals surface area contributed by atoms with Gasteiger partial charge in [-0.25, -0.2) is 0 Å². The maximum atomic E-state index is 2.62. The average Bonchev–Trinajstić information content (AvgIpc) is 3.03. The molecule has 3 heteroatoms. The Morgan fingerprint density at radius 2 is 0.806 bits per heavy atom. The first kappa shape index (κ1) is 26.8. The van der Waals surface area contributed by atoms with E-state index in [1.807, 2.05) is 0 Å². The molecule has 0 aromatic heterocycles. The van der Waals surface area contributed by atoms with Crippen LogP contribution in [-0.4, -0.2) is 24.2 Å². The van der Waals surface area contributed by atoms with Crippen molar-refractivity contribution in [2.24, 2.45) is 0 Å². The molecule has 188 valence electrons. The standard InChI is InChI=1S/C33H44Si3/c1-24-25(2)27(4)33(26(24)3)36(28-16-12-11-13-17-28,31-20-14-18-29(22-31)34(5,6)7)32-21-15-19-30(23-32)35(8,9)10/h11-23,33H,1-10H3. The fraction of sp³-hybridized carbons (Fsp3) is 0.333. The van der Waals surface area contributed by atoms with E-state index in [1.54, 1.807) is 31.9 Å². The summed E-state index contributed by atoms with van der Waals surface area (Å²) in [7, 11) is -5.46. The molecule has 1 aliphatic carbocycles. The van der Waals surface area contributed by atoms with Crippen LogP contribution >= 0.6 is 0 Å². The van der Waals surface area contributed by atoms with Crippen LogP contribution in [0.25, 0.3) is 0 Å². The molecule has 4 rings (SSSR count). The predicted molar refractivity (Wildman–Crippen MR) is 170 cm³/mol. The highest BCUT2D eigenvalue weighted by Gasteiger charge is 2.50. The molecule has 0 saturated carbocycles. The number of benzene rings is 3. The van der Waals surface area contributed by atoms with Crippen LogP contribution in [0.5, 0.6) is 0 Å². The topological polar surface area (TPSA) is 0 Å². The van der Waals surface area contributed by atoms with Gasteiger partial charge >= 0.3 is 0 Å². The summed E-state index contributed by atoms with van der Waals surface area (Å²) in [6, 6.07) is 31.2. The summed E-state index contributed by atoms with van der Waals surface area (Å²) in [5, 5.41) is 7.77. The molecule has 0 bridgehead atoms. The Morgan fingerprint density at radius 1 is 0.444 bits per heavy atom. The molecule has 0 aliphatic heterocycles. The molecule has 0 N–H and O–H groups in total. The van der Waals surface area contributed by atoms with Gasteiger partial charge in [-0.15, -0.1) is 0 Å². The van der Waals surface area contributed by atoms with Crippen LogP contribution in [0.1, 0.15) is 27.7 Å². The van der Waals surface area contributed by atoms with E-state index in [-0.39, 0.29) is 0 Å². The highest BCUT2D eigenvalue weighted by Crippen LogP contribution is 2.46. The highest BCUT2D eigenvalue weighted by molar-refractivity contribution is 7.13. The second kappa shape index (κ2) is 9.59. The van der Waals surface area contributed by atoms with Gasteiger partial charge in [0.2, 0.25) is 0 Å². The van der Waals surface area contributed by atoms with E-state index in [1.165, 1.54) is 16.3 Å². The van der Waals surface area contributed by atoms with Crippen molar-refractivity contribution in [3.8, 4) is 0 Å². The van der Waals surface area contributed by atoms with Crippen LogP contribution in [0.4, 0.5) is 0 Å². The first-order valence-corrected chi connectivity index (χ1v) is 22.5. The van der Waals surface area contributed by atoms with E-state index in [9.17, 15) is 0 Å². The number of hydrogen-bond donors (Lipinski definition) is 0. The van der Waals surface area contributed by atoms with Gasteiger partial charge in [0.1, 0.15) is 0 Å². The summed E-state index contributed by atoms with van der Waals surface area (Å²) in [4.78, 5) is 0. The minimum absolute atomic E-state index is 0.425. The molecule has 0 nitrogen and oxygen atoms in total. The van der Waals surface area contributed by atoms with Gasteiger partial charge in [-0.2, -0.15) is 0 Å². The van der Waals surface area contributed by atoms with Crippen molar-refractivity contribution in [2.75, 3.05) is 0 Å². The van der Waals surface area contributed by atoms with Crippen LogP contribution in [-0.2, 0) is 0 Å². The fourth-order valence-electron chi connectivity index (χ4n) is 6.16. The highest BCUT2D eigenvalue weighted by atomic mass is 28.3. The van der Waals surface area contributed by atoms with Crippen molar-refractivity contribution in [1.82, 2.24) is 0 Å². The first-order chi connectivity index (χ1) is 16.8. The van der Waals surface area contributed by atoms with E-state index in [0.29, 0.717) is 5.54 Å². The van der Waals surface area contributed by atoms with Gasteiger partial charge in [-0.1, -0.05) is 140 Å². The predicted octanol–water partition coefficient (Wildman–Crippen LogP) is 6.30. The van der Waals surface area contributed by atoms with Crippen molar-refractivity contribution in [3.05, 3.63) is 101 Å². The lowest BCUT2D eigenvalue weighted by Crippen LogP contribution is -2.71. The van der Waals surface area contributed by atoms with E-state index in [4.69, 9.17) is 0 Å². The number of rotatable bonds is 6. The zero-order valence-electron chi connectivity index (χ0n) is 24.1. The summed E-state index contributed by atoms with van der Waals surface area (Å²) in [5.41, 5.74) is 6.55. The molecule has 1 aliphatic rings. The second-order valence-electron chi connectivity index (χ2n) is 12.9. The molecule has 0 atom stereocenters. The zero-order valence-corrected chi connectivity index (χ0v) is 27.1. The van der Waals surface area contributed by atoms with Crippen molar-refractivity contribution in [3.63, 3.8) is 0 Å². The third kappa shape index (κ3) is 4.51. The molecule has 0 heterocycles. The van der Waals surface area contributed by atoms with Crippen LogP contribution in [0.2, 0.25) is 44.8 Å². The molecular formula is C33H44Si3. The van der Waals surface area contributed by atoms with Crippen molar-refractivity contribution in [2.45, 2.75) is 72.5 Å². The Bertz CT molecular complexity index is 1250. The molecule has 3 aromatic rings. The summed E-state index contributed by atoms with van der Waals surface area (Å²) < 4.78 is 0. The van der Waals surface area contributed by atoms with Gasteiger partial charge < -0.3 is 0 Å². The summed E-state index contributed by atoms with van der Waals surface area (Å²) in [6.07, 6.45) is 0. The lowest BCUT2D eigenvalue weighted by atomic mass is 10.1. The summed E-state index contributed by atoms with van der Waals surface area (Å²) in [5.74, 6) is 0. The van der Waals surface area contributed by atoms with Gasteiger partial charge in [-0.3, -0.25) is 0 Å². The van der Waals surface area contributed by atoms with Gasteiger partial charge in [0.25, 0.3) is 0 Å². The first-order valence-electron chi connectivity index (χ1n) is 13.4. The molecule has 0 spiro atoms. The minimum Gasteiger partial charge on any atom is -0.0656 e. The van der Waals surface area contributed by atoms with E-state index < -0.39 is 24.2 Å². The van der Waals surface area contributed by atoms with Crippen molar-refractivity contribution < 1.29 is 0 Å². The molecule has 0 fully saturated rings. The average molecular weight is 525 g/mol. The Labute approximate surface area is 223 Å². The second-order valence-corrected chi connectivity index (χ2v) is 27.0. The number of allylic oxidation sites excluding steroid dienone is 4. The maximum absolute atomic E-state index is 2.62. The van der Waals surface area contributed by atoms with Gasteiger partial charge in [0.05, 0.1) is 16.1 Å². The molecule has 0 radical (unpaired) electrons. The lowest BCUT2D eigenvalue weighted by Gasteiger charge is -2.42. The molecule has 0 unspecified atom stereocenters. The summed E-state index contributed by atoms with van der Waals surface area (Å²) >= 11 is 0. The largest absolute Gasteiger partial charge is 0.159 e. The third-order valence-electron chi connectivity index (χ3n) is 8.64. The quantitative estimate of drug-likeness (QED) is 0.262. The Morgan fingerprint density at radius 3 is 1.19 bits per heavy atom. The molecular weight excluding hydrogens is 481 g/mol. The Kier molecular flexibility index (Phi) is 7.15. The smallest absolute Gasteiger partial charge is 0.0656 e. The van der Waals surface area contributed by atoms with Crippen molar-refractivity contribution >= 4 is 50.2 Å². The van der Waals surface area contributed by atoms with Gasteiger partial charge in [-0.05, 0) is 54.4 Å². The van der Waals surface area contributed by atoms with Gasteiger partial charge in [0.15, 0.2) is 8.07 Å². The minimum atomic E-state index is -2.49. The van der Waals surface area contributed by atoms with E-state index in [0.717, 1.165) is 0 Å². The third-order valence-corrected chi connectivity index (χ3v) is 18.1. The molecule has 36 heavy (non-hydrogen) atoms. The van der Waals surface area contributed by atoms with E-state index >= 15 is 0 Å². The van der Waals surface area contributed by atoms with Crippen LogP contribution < -0.4 is 25.9 Å². The van der Waals surface area contributed by atoms with Crippen molar-refractivity contribution in [1.29, 1.82) is 0 Å². The van der Waals surface area contributed by atoms with Crippen LogP contribution in [0, 0.1) is 0 Å². The zero-order chi connectivity index (χ0) is 26.5. The Balaban J connectivity index is 2.20. The van der Waals surface area contributed by atoms with Crippen LogP contribution in [0.15, 0.2) is 101 Å².